The Morgan fingerprint density at radius 3 is 2.40 bits per heavy atom. The fraction of sp³-hybridized carbons (Fsp3) is 0.846. The summed E-state index contributed by atoms with van der Waals surface area (Å²) < 4.78 is 0. The summed E-state index contributed by atoms with van der Waals surface area (Å²) in [4.78, 5) is 19.7. The molecule has 0 spiro atoms. The Bertz CT molecular complexity index is 314. The van der Waals surface area contributed by atoms with E-state index in [1.165, 1.54) is 0 Å². The van der Waals surface area contributed by atoms with Gasteiger partial charge in [-0.15, -0.1) is 24.0 Å². The predicted molar refractivity (Wildman–Crippen MR) is 93.4 cm³/mol. The van der Waals surface area contributed by atoms with Crippen LogP contribution in [0.3, 0.4) is 0 Å². The standard InChI is InChI=1S/C13H27N5O.HI/c1-11(2)10-16-13(14)15-4-5-17-6-8-18(9-7-17)12(3)19;/h11H,4-10H2,1-3H3,(H3,14,15,16);1H. The number of carbonyl (C=O) groups is 1. The molecule has 1 rings (SSSR count). The van der Waals surface area contributed by atoms with E-state index in [1.807, 2.05) is 4.90 Å². The van der Waals surface area contributed by atoms with Gasteiger partial charge in [-0.25, -0.2) is 0 Å². The van der Waals surface area contributed by atoms with Crippen molar-refractivity contribution in [1.82, 2.24) is 15.1 Å². The van der Waals surface area contributed by atoms with Crippen molar-refractivity contribution in [3.8, 4) is 0 Å². The third-order valence-corrected chi connectivity index (χ3v) is 3.18. The number of aliphatic imine (C=N–C) groups is 1. The molecule has 1 fully saturated rings. The molecule has 0 aromatic rings. The van der Waals surface area contributed by atoms with Crippen LogP contribution in [-0.4, -0.2) is 67.5 Å². The van der Waals surface area contributed by atoms with Gasteiger partial charge in [0.2, 0.25) is 5.91 Å². The van der Waals surface area contributed by atoms with E-state index in [2.05, 4.69) is 29.1 Å². The molecule has 0 aliphatic carbocycles. The summed E-state index contributed by atoms with van der Waals surface area (Å²) in [6, 6.07) is 0. The first-order valence-electron chi connectivity index (χ1n) is 7.00. The minimum absolute atomic E-state index is 0. The maximum Gasteiger partial charge on any atom is 0.219 e. The number of carbonyl (C=O) groups excluding carboxylic acids is 1. The largest absolute Gasteiger partial charge is 0.370 e. The van der Waals surface area contributed by atoms with Crippen molar-refractivity contribution in [2.45, 2.75) is 20.8 Å². The van der Waals surface area contributed by atoms with Gasteiger partial charge in [-0.1, -0.05) is 13.8 Å². The van der Waals surface area contributed by atoms with E-state index in [0.29, 0.717) is 11.9 Å². The van der Waals surface area contributed by atoms with E-state index in [4.69, 9.17) is 5.73 Å². The lowest BCUT2D eigenvalue weighted by atomic mass is 10.2. The van der Waals surface area contributed by atoms with Gasteiger partial charge in [0.15, 0.2) is 5.96 Å². The van der Waals surface area contributed by atoms with Crippen LogP contribution in [0.4, 0.5) is 0 Å². The van der Waals surface area contributed by atoms with Gasteiger partial charge in [0, 0.05) is 52.7 Å². The Hall–Kier alpha value is -0.570. The van der Waals surface area contributed by atoms with Gasteiger partial charge in [-0.3, -0.25) is 14.7 Å². The zero-order valence-electron chi connectivity index (χ0n) is 12.8. The summed E-state index contributed by atoms with van der Waals surface area (Å²) in [6.07, 6.45) is 0. The molecule has 1 heterocycles. The monoisotopic (exact) mass is 397 g/mol. The molecular weight excluding hydrogens is 369 g/mol. The zero-order valence-corrected chi connectivity index (χ0v) is 15.1. The van der Waals surface area contributed by atoms with Crippen LogP contribution in [0.5, 0.6) is 0 Å². The summed E-state index contributed by atoms with van der Waals surface area (Å²) in [5.41, 5.74) is 5.77. The van der Waals surface area contributed by atoms with Crippen molar-refractivity contribution < 1.29 is 4.79 Å². The number of hydrogen-bond donors (Lipinski definition) is 2. The Balaban J connectivity index is 0.00000361. The highest BCUT2D eigenvalue weighted by atomic mass is 127. The minimum Gasteiger partial charge on any atom is -0.370 e. The van der Waals surface area contributed by atoms with Crippen molar-refractivity contribution in [3.63, 3.8) is 0 Å². The van der Waals surface area contributed by atoms with Gasteiger partial charge in [0.05, 0.1) is 0 Å². The van der Waals surface area contributed by atoms with Crippen LogP contribution >= 0.6 is 24.0 Å². The number of nitrogens with one attached hydrogen (secondary N) is 1. The first-order valence-corrected chi connectivity index (χ1v) is 7.00. The van der Waals surface area contributed by atoms with Crippen LogP contribution in [0, 0.1) is 5.92 Å². The van der Waals surface area contributed by atoms with Gasteiger partial charge in [-0.05, 0) is 5.92 Å². The molecule has 118 valence electrons. The van der Waals surface area contributed by atoms with E-state index < -0.39 is 0 Å². The molecule has 0 saturated carbocycles. The Morgan fingerprint density at radius 2 is 1.90 bits per heavy atom. The second-order valence-corrected chi connectivity index (χ2v) is 5.39. The quantitative estimate of drug-likeness (QED) is 0.399. The second kappa shape index (κ2) is 10.2. The summed E-state index contributed by atoms with van der Waals surface area (Å²) in [7, 11) is 0. The van der Waals surface area contributed by atoms with Crippen LogP contribution in [0.1, 0.15) is 20.8 Å². The summed E-state index contributed by atoms with van der Waals surface area (Å²) in [5, 5.41) is 3.12. The summed E-state index contributed by atoms with van der Waals surface area (Å²) in [5.74, 6) is 1.22. The van der Waals surface area contributed by atoms with E-state index in [1.54, 1.807) is 6.92 Å². The van der Waals surface area contributed by atoms with Crippen LogP contribution in [0.25, 0.3) is 0 Å². The van der Waals surface area contributed by atoms with Crippen molar-refractivity contribution in [3.05, 3.63) is 0 Å². The zero-order chi connectivity index (χ0) is 14.3. The summed E-state index contributed by atoms with van der Waals surface area (Å²) in [6.45, 7) is 11.9. The average Bonchev–Trinajstić information content (AvgIpc) is 2.37. The molecule has 0 bridgehead atoms. The van der Waals surface area contributed by atoms with Gasteiger partial charge >= 0.3 is 0 Å². The molecule has 6 nitrogen and oxygen atoms in total. The number of halogens is 1. The van der Waals surface area contributed by atoms with E-state index >= 15 is 0 Å². The van der Waals surface area contributed by atoms with E-state index in [0.717, 1.165) is 45.8 Å². The lowest BCUT2D eigenvalue weighted by molar-refractivity contribution is -0.130. The number of nitrogens with two attached hydrogens (primary N) is 1. The van der Waals surface area contributed by atoms with Crippen LogP contribution in [0.15, 0.2) is 4.99 Å². The van der Waals surface area contributed by atoms with Crippen molar-refractivity contribution in [1.29, 1.82) is 0 Å². The lowest BCUT2D eigenvalue weighted by Gasteiger charge is -2.34. The van der Waals surface area contributed by atoms with Crippen LogP contribution < -0.4 is 11.1 Å². The SMILES string of the molecule is CC(=O)N1CCN(CCNC(N)=NCC(C)C)CC1.I. The number of piperazine rings is 1. The third kappa shape index (κ3) is 7.88. The summed E-state index contributed by atoms with van der Waals surface area (Å²) >= 11 is 0. The van der Waals surface area contributed by atoms with Gasteiger partial charge in [0.25, 0.3) is 0 Å². The van der Waals surface area contributed by atoms with Crippen molar-refractivity contribution in [2.24, 2.45) is 16.6 Å². The van der Waals surface area contributed by atoms with Gasteiger partial charge in [-0.2, -0.15) is 0 Å². The first kappa shape index (κ1) is 19.4. The predicted octanol–water partition coefficient (Wildman–Crippen LogP) is 0.329. The Kier molecular flexibility index (Phi) is 9.91. The van der Waals surface area contributed by atoms with Crippen molar-refractivity contribution >= 4 is 35.8 Å². The van der Waals surface area contributed by atoms with Gasteiger partial charge in [0.1, 0.15) is 0 Å². The molecule has 1 amide bonds. The van der Waals surface area contributed by atoms with Crippen LogP contribution in [-0.2, 0) is 4.79 Å². The maximum absolute atomic E-state index is 11.2. The Morgan fingerprint density at radius 1 is 1.30 bits per heavy atom. The molecular formula is C13H28IN5O. The normalized spacial score (nSPS) is 17.0. The maximum atomic E-state index is 11.2. The highest BCUT2D eigenvalue weighted by Gasteiger charge is 2.17. The molecule has 0 aromatic heterocycles. The molecule has 0 aromatic carbocycles. The molecule has 3 N–H and O–H groups in total. The minimum atomic E-state index is 0. The van der Waals surface area contributed by atoms with E-state index in [9.17, 15) is 4.79 Å². The smallest absolute Gasteiger partial charge is 0.219 e. The number of nitrogens with zero attached hydrogens (tertiary/aromatic N) is 3. The molecule has 1 aliphatic rings. The Labute approximate surface area is 139 Å². The molecule has 20 heavy (non-hydrogen) atoms. The lowest BCUT2D eigenvalue weighted by Crippen LogP contribution is -2.50. The molecule has 1 aliphatic heterocycles. The number of amides is 1. The number of rotatable bonds is 5. The third-order valence-electron chi connectivity index (χ3n) is 3.18. The second-order valence-electron chi connectivity index (χ2n) is 5.39. The molecule has 1 saturated heterocycles. The molecule has 0 radical (unpaired) electrons. The number of guanidine groups is 1. The van der Waals surface area contributed by atoms with Crippen molar-refractivity contribution in [2.75, 3.05) is 45.8 Å². The highest BCUT2D eigenvalue weighted by Crippen LogP contribution is 2.00. The van der Waals surface area contributed by atoms with E-state index in [-0.39, 0.29) is 29.9 Å². The average molecular weight is 397 g/mol. The topological polar surface area (TPSA) is 74.0 Å². The molecule has 0 atom stereocenters. The number of hydrogen-bond acceptors (Lipinski definition) is 3. The fourth-order valence-electron chi connectivity index (χ4n) is 1.97. The fourth-order valence-corrected chi connectivity index (χ4v) is 1.97. The first-order chi connectivity index (χ1) is 8.99. The highest BCUT2D eigenvalue weighted by molar-refractivity contribution is 14.0. The van der Waals surface area contributed by atoms with Crippen LogP contribution in [0.2, 0.25) is 0 Å². The molecule has 0 unspecified atom stereocenters. The molecule has 7 heteroatoms. The van der Waals surface area contributed by atoms with Gasteiger partial charge < -0.3 is 16.0 Å².